The van der Waals surface area contributed by atoms with Crippen LogP contribution in [0.1, 0.15) is 6.42 Å². The third-order valence-electron chi connectivity index (χ3n) is 4.07. The molecule has 0 aliphatic carbocycles. The number of hydrogen-bond donors (Lipinski definition) is 1. The minimum Gasteiger partial charge on any atom is -0.325 e. The van der Waals surface area contributed by atoms with Gasteiger partial charge >= 0.3 is 5.69 Å². The predicted octanol–water partition coefficient (Wildman–Crippen LogP) is 3.33. The number of rotatable bonds is 4. The highest BCUT2D eigenvalue weighted by molar-refractivity contribution is 14.1. The first kappa shape index (κ1) is 18.2. The zero-order chi connectivity index (χ0) is 18.8. The van der Waals surface area contributed by atoms with Crippen molar-refractivity contribution in [3.05, 3.63) is 62.0 Å². The summed E-state index contributed by atoms with van der Waals surface area (Å²) in [5.41, 5.74) is 0.149. The van der Waals surface area contributed by atoms with Crippen LogP contribution in [0.15, 0.2) is 42.5 Å². The average Bonchev–Trinajstić information content (AvgIpc) is 2.99. The fourth-order valence-corrected chi connectivity index (χ4v) is 3.26. The van der Waals surface area contributed by atoms with E-state index < -0.39 is 22.3 Å². The van der Waals surface area contributed by atoms with Crippen molar-refractivity contribution >= 4 is 51.5 Å². The largest absolute Gasteiger partial charge is 0.325 e. The summed E-state index contributed by atoms with van der Waals surface area (Å²) in [7, 11) is 0. The van der Waals surface area contributed by atoms with Gasteiger partial charge in [0, 0.05) is 22.6 Å². The van der Waals surface area contributed by atoms with Crippen LogP contribution in [0.3, 0.4) is 0 Å². The predicted molar refractivity (Wildman–Crippen MR) is 101 cm³/mol. The Bertz CT molecular complexity index is 905. The second kappa shape index (κ2) is 7.36. The third kappa shape index (κ3) is 3.66. The van der Waals surface area contributed by atoms with Crippen LogP contribution in [0.2, 0.25) is 0 Å². The molecule has 1 saturated heterocycles. The summed E-state index contributed by atoms with van der Waals surface area (Å²) in [5, 5.41) is 13.7. The van der Waals surface area contributed by atoms with E-state index >= 15 is 0 Å². The maximum absolute atomic E-state index is 13.5. The second-order valence-electron chi connectivity index (χ2n) is 5.77. The van der Waals surface area contributed by atoms with Gasteiger partial charge in [0.25, 0.3) is 0 Å². The molecule has 1 aliphatic rings. The van der Waals surface area contributed by atoms with Crippen LogP contribution in [-0.4, -0.2) is 23.3 Å². The van der Waals surface area contributed by atoms with Gasteiger partial charge in [-0.3, -0.25) is 19.7 Å². The zero-order valence-electron chi connectivity index (χ0n) is 13.3. The first-order valence-electron chi connectivity index (χ1n) is 7.66. The van der Waals surface area contributed by atoms with E-state index in [0.717, 1.165) is 15.7 Å². The third-order valence-corrected chi connectivity index (χ3v) is 5.01. The number of para-hydroxylation sites is 1. The van der Waals surface area contributed by atoms with Crippen molar-refractivity contribution in [2.24, 2.45) is 5.92 Å². The summed E-state index contributed by atoms with van der Waals surface area (Å²) < 4.78 is 14.3. The highest BCUT2D eigenvalue weighted by Gasteiger charge is 2.36. The lowest BCUT2D eigenvalue weighted by molar-refractivity contribution is -0.387. The van der Waals surface area contributed by atoms with E-state index in [2.05, 4.69) is 27.9 Å². The van der Waals surface area contributed by atoms with Crippen LogP contribution >= 0.6 is 22.6 Å². The van der Waals surface area contributed by atoms with Crippen molar-refractivity contribution in [2.75, 3.05) is 16.8 Å². The van der Waals surface area contributed by atoms with Crippen LogP contribution in [0.5, 0.6) is 0 Å². The van der Waals surface area contributed by atoms with Gasteiger partial charge < -0.3 is 10.2 Å². The van der Waals surface area contributed by atoms with Gasteiger partial charge in [-0.2, -0.15) is 4.39 Å². The van der Waals surface area contributed by atoms with E-state index in [1.54, 1.807) is 12.1 Å². The molecule has 0 radical (unpaired) electrons. The van der Waals surface area contributed by atoms with Gasteiger partial charge in [-0.05, 0) is 46.9 Å². The zero-order valence-corrected chi connectivity index (χ0v) is 15.5. The van der Waals surface area contributed by atoms with E-state index in [1.807, 2.05) is 12.1 Å². The summed E-state index contributed by atoms with van der Waals surface area (Å²) >= 11 is 2.10. The molecule has 1 aliphatic heterocycles. The molecule has 0 bridgehead atoms. The normalized spacial score (nSPS) is 16.6. The molecule has 1 atom stereocenters. The molecule has 0 spiro atoms. The van der Waals surface area contributed by atoms with Gasteiger partial charge in [-0.15, -0.1) is 0 Å². The molecule has 3 rings (SSSR count). The van der Waals surface area contributed by atoms with Gasteiger partial charge in [0.05, 0.1) is 22.2 Å². The Morgan fingerprint density at radius 1 is 1.31 bits per heavy atom. The van der Waals surface area contributed by atoms with Crippen LogP contribution in [0, 0.1) is 25.4 Å². The lowest BCUT2D eigenvalue weighted by Crippen LogP contribution is -2.28. The Hall–Kier alpha value is -2.56. The Kier molecular flexibility index (Phi) is 5.16. The lowest BCUT2D eigenvalue weighted by Gasteiger charge is -2.17. The topological polar surface area (TPSA) is 92.6 Å². The fraction of sp³-hybridized carbons (Fsp3) is 0.176. The second-order valence-corrected chi connectivity index (χ2v) is 6.93. The molecule has 9 heteroatoms. The monoisotopic (exact) mass is 469 g/mol. The van der Waals surface area contributed by atoms with Crippen LogP contribution in [0.4, 0.5) is 21.5 Å². The minimum atomic E-state index is -0.974. The van der Waals surface area contributed by atoms with Crippen LogP contribution < -0.4 is 10.2 Å². The van der Waals surface area contributed by atoms with E-state index in [1.165, 1.54) is 11.0 Å². The number of nitrogens with zero attached hydrogens (tertiary/aromatic N) is 2. The molecular weight excluding hydrogens is 456 g/mol. The average molecular weight is 469 g/mol. The Morgan fingerprint density at radius 3 is 2.73 bits per heavy atom. The van der Waals surface area contributed by atoms with Gasteiger partial charge in [-0.1, -0.05) is 12.1 Å². The minimum absolute atomic E-state index is 0.0135. The van der Waals surface area contributed by atoms with E-state index in [0.29, 0.717) is 5.69 Å². The Labute approximate surface area is 161 Å². The van der Waals surface area contributed by atoms with Gasteiger partial charge in [0.2, 0.25) is 17.6 Å². The number of nitro benzene ring substituents is 1. The number of hydrogen-bond acceptors (Lipinski definition) is 4. The van der Waals surface area contributed by atoms with Crippen molar-refractivity contribution in [2.45, 2.75) is 6.42 Å². The van der Waals surface area contributed by atoms with Crippen molar-refractivity contribution < 1.29 is 18.9 Å². The smallest absolute Gasteiger partial charge is 0.306 e. The quantitative estimate of drug-likeness (QED) is 0.423. The number of carbonyl (C=O) groups is 2. The molecule has 0 saturated carbocycles. The lowest BCUT2D eigenvalue weighted by atomic mass is 10.1. The molecule has 2 amide bonds. The molecule has 1 fully saturated rings. The molecule has 26 heavy (non-hydrogen) atoms. The van der Waals surface area contributed by atoms with Crippen molar-refractivity contribution in [1.29, 1.82) is 0 Å². The first-order chi connectivity index (χ1) is 12.4. The van der Waals surface area contributed by atoms with Gasteiger partial charge in [-0.25, -0.2) is 0 Å². The number of nitro groups is 1. The van der Waals surface area contributed by atoms with Crippen molar-refractivity contribution in [3.8, 4) is 0 Å². The molecule has 1 N–H and O–H groups in total. The summed E-state index contributed by atoms with van der Waals surface area (Å²) in [4.78, 5) is 36.0. The van der Waals surface area contributed by atoms with E-state index in [9.17, 15) is 24.1 Å². The molecule has 1 heterocycles. The number of carbonyl (C=O) groups excluding carboxylic acids is 2. The van der Waals surface area contributed by atoms with Gasteiger partial charge in [0.1, 0.15) is 0 Å². The number of amides is 2. The van der Waals surface area contributed by atoms with E-state index in [4.69, 9.17) is 0 Å². The summed E-state index contributed by atoms with van der Waals surface area (Å²) in [5.74, 6) is -2.21. The molecule has 2 aromatic carbocycles. The maximum atomic E-state index is 13.5. The molecule has 7 nitrogen and oxygen atoms in total. The maximum Gasteiger partial charge on any atom is 0.306 e. The molecule has 0 aromatic heterocycles. The number of benzene rings is 2. The highest BCUT2D eigenvalue weighted by Crippen LogP contribution is 2.30. The van der Waals surface area contributed by atoms with Crippen molar-refractivity contribution in [3.63, 3.8) is 0 Å². The fourth-order valence-electron chi connectivity index (χ4n) is 2.74. The van der Waals surface area contributed by atoms with E-state index in [-0.39, 0.29) is 30.5 Å². The Morgan fingerprint density at radius 2 is 2.04 bits per heavy atom. The SMILES string of the molecule is O=C(Nc1ccccc1I)C1CC(=O)N(c2ccc(F)c([N+](=O)[O-])c2)C1. The van der Waals surface area contributed by atoms with Crippen LogP contribution in [0.25, 0.3) is 0 Å². The standard InChI is InChI=1S/C17H13FIN3O4/c18-12-6-5-11(8-15(12)22(25)26)21-9-10(7-16(21)23)17(24)20-14-4-2-1-3-13(14)19/h1-6,8,10H,7,9H2,(H,20,24). The molecule has 2 aromatic rings. The molecule has 1 unspecified atom stereocenters. The highest BCUT2D eigenvalue weighted by atomic mass is 127. The number of anilines is 2. The van der Waals surface area contributed by atoms with Crippen molar-refractivity contribution in [1.82, 2.24) is 0 Å². The number of halogens is 2. The van der Waals surface area contributed by atoms with Gasteiger partial charge in [0.15, 0.2) is 0 Å². The molecule has 134 valence electrons. The first-order valence-corrected chi connectivity index (χ1v) is 8.74. The summed E-state index contributed by atoms with van der Waals surface area (Å²) in [6.07, 6.45) is -0.0135. The van der Waals surface area contributed by atoms with Crippen LogP contribution in [-0.2, 0) is 9.59 Å². The summed E-state index contributed by atoms with van der Waals surface area (Å²) in [6, 6.07) is 10.5. The number of nitrogens with one attached hydrogen (secondary N) is 1. The summed E-state index contributed by atoms with van der Waals surface area (Å²) in [6.45, 7) is 0.0802. The molecular formula is C17H13FIN3O4. The Balaban J connectivity index is 1.76.